The third-order valence-corrected chi connectivity index (χ3v) is 4.35. The molecule has 0 fully saturated rings. The number of aromatic hydroxyl groups is 1. The van der Waals surface area contributed by atoms with E-state index in [9.17, 15) is 9.90 Å². The summed E-state index contributed by atoms with van der Waals surface area (Å²) >= 11 is 3.55. The van der Waals surface area contributed by atoms with Gasteiger partial charge in [-0.05, 0) is 40.8 Å². The molecule has 0 bridgehead atoms. The Morgan fingerprint density at radius 3 is 2.92 bits per heavy atom. The predicted octanol–water partition coefficient (Wildman–Crippen LogP) is 3.02. The van der Waals surface area contributed by atoms with Crippen LogP contribution >= 0.6 is 33.9 Å². The molecule has 0 spiro atoms. The highest BCUT2D eigenvalue weighted by Crippen LogP contribution is 2.33. The lowest BCUT2D eigenvalue weighted by atomic mass is 10.2. The highest BCUT2D eigenvalue weighted by molar-refractivity contribution is 14.1. The molecular weight excluding hydrogens is 299 g/mol. The highest BCUT2D eigenvalue weighted by Gasteiger charge is 2.08. The summed E-state index contributed by atoms with van der Waals surface area (Å²) in [7, 11) is 0. The second kappa shape index (κ2) is 3.26. The number of aldehydes is 1. The second-order valence-electron chi connectivity index (χ2n) is 2.58. The Morgan fingerprint density at radius 1 is 1.46 bits per heavy atom. The first-order valence-corrected chi connectivity index (χ1v) is 5.48. The Bertz CT molecular complexity index is 476. The number of benzene rings is 1. The van der Waals surface area contributed by atoms with Gasteiger partial charge < -0.3 is 5.11 Å². The number of hydrogen-bond donors (Lipinski definition) is 1. The summed E-state index contributed by atoms with van der Waals surface area (Å²) in [6.45, 7) is 0. The van der Waals surface area contributed by atoms with Gasteiger partial charge in [0.25, 0.3) is 0 Å². The van der Waals surface area contributed by atoms with E-state index in [4.69, 9.17) is 0 Å². The molecule has 0 amide bonds. The van der Waals surface area contributed by atoms with Gasteiger partial charge in [-0.2, -0.15) is 0 Å². The molecule has 2 aromatic rings. The van der Waals surface area contributed by atoms with Crippen LogP contribution < -0.4 is 0 Å². The molecule has 0 saturated heterocycles. The first-order valence-electron chi connectivity index (χ1n) is 3.58. The van der Waals surface area contributed by atoms with Gasteiger partial charge in [-0.3, -0.25) is 4.79 Å². The average Bonchev–Trinajstić information content (AvgIpc) is 2.42. The number of carbonyl (C=O) groups is 1. The maximum atomic E-state index is 10.6. The number of thiophene rings is 1. The Morgan fingerprint density at radius 2 is 2.23 bits per heavy atom. The molecule has 0 radical (unpaired) electrons. The van der Waals surface area contributed by atoms with Gasteiger partial charge in [-0.25, -0.2) is 0 Å². The maximum Gasteiger partial charge on any atom is 0.161 e. The number of fused-ring (bicyclic) bond motifs is 1. The van der Waals surface area contributed by atoms with Crippen molar-refractivity contribution in [3.05, 3.63) is 26.6 Å². The minimum atomic E-state index is 0.239. The van der Waals surface area contributed by atoms with Crippen molar-refractivity contribution in [3.8, 4) is 5.75 Å². The van der Waals surface area contributed by atoms with Gasteiger partial charge in [0, 0.05) is 13.7 Å². The molecule has 0 unspecified atom stereocenters. The van der Waals surface area contributed by atoms with Gasteiger partial charge in [0.05, 0.1) is 4.88 Å². The summed E-state index contributed by atoms with van der Waals surface area (Å²) in [5, 5.41) is 10.3. The average molecular weight is 304 g/mol. The van der Waals surface area contributed by atoms with Gasteiger partial charge >= 0.3 is 0 Å². The summed E-state index contributed by atoms with van der Waals surface area (Å²) in [5.41, 5.74) is 0. The number of rotatable bonds is 1. The molecule has 0 aliphatic carbocycles. The Labute approximate surface area is 92.3 Å². The fraction of sp³-hybridized carbons (Fsp3) is 0. The van der Waals surface area contributed by atoms with Gasteiger partial charge in [-0.1, -0.05) is 0 Å². The van der Waals surface area contributed by atoms with Crippen LogP contribution in [0.3, 0.4) is 0 Å². The number of hydrogen-bond acceptors (Lipinski definition) is 3. The molecule has 0 aliphatic heterocycles. The fourth-order valence-electron chi connectivity index (χ4n) is 1.15. The normalized spacial score (nSPS) is 10.5. The number of phenols is 1. The third-order valence-electron chi connectivity index (χ3n) is 1.74. The molecule has 0 atom stereocenters. The fourth-order valence-corrected chi connectivity index (χ4v) is 3.20. The van der Waals surface area contributed by atoms with Crippen LogP contribution in [0.2, 0.25) is 0 Å². The first kappa shape index (κ1) is 8.96. The number of phenolic OH excluding ortho intramolecular Hbond substituents is 1. The van der Waals surface area contributed by atoms with E-state index >= 15 is 0 Å². The molecule has 1 aromatic heterocycles. The number of halogens is 1. The zero-order chi connectivity index (χ0) is 9.42. The van der Waals surface area contributed by atoms with Crippen molar-refractivity contribution in [2.45, 2.75) is 0 Å². The van der Waals surface area contributed by atoms with E-state index in [1.807, 2.05) is 6.07 Å². The van der Waals surface area contributed by atoms with Crippen LogP contribution in [0.5, 0.6) is 5.75 Å². The molecule has 66 valence electrons. The minimum Gasteiger partial charge on any atom is -0.508 e. The Balaban J connectivity index is 2.83. The molecule has 13 heavy (non-hydrogen) atoms. The van der Waals surface area contributed by atoms with E-state index in [0.29, 0.717) is 0 Å². The lowest BCUT2D eigenvalue weighted by Gasteiger charge is -1.91. The van der Waals surface area contributed by atoms with E-state index in [1.54, 1.807) is 12.1 Å². The zero-order valence-corrected chi connectivity index (χ0v) is 9.43. The van der Waals surface area contributed by atoms with Crippen molar-refractivity contribution in [1.82, 2.24) is 0 Å². The predicted molar refractivity (Wildman–Crippen MR) is 61.6 cm³/mol. The molecular formula is C9H5IO2S. The SMILES string of the molecule is O=Cc1sc2cc(O)ccc2c1I. The molecule has 0 saturated carbocycles. The summed E-state index contributed by atoms with van der Waals surface area (Å²) in [6, 6.07) is 5.14. The molecule has 2 rings (SSSR count). The third kappa shape index (κ3) is 1.44. The van der Waals surface area contributed by atoms with Gasteiger partial charge in [0.2, 0.25) is 0 Å². The summed E-state index contributed by atoms with van der Waals surface area (Å²) in [4.78, 5) is 11.3. The van der Waals surface area contributed by atoms with Crippen LogP contribution in [0.15, 0.2) is 18.2 Å². The Hall–Kier alpha value is -0.620. The van der Waals surface area contributed by atoms with Crippen molar-refractivity contribution < 1.29 is 9.90 Å². The van der Waals surface area contributed by atoms with E-state index < -0.39 is 0 Å². The lowest BCUT2D eigenvalue weighted by Crippen LogP contribution is -1.74. The molecule has 4 heteroatoms. The minimum absolute atomic E-state index is 0.239. The molecule has 2 nitrogen and oxygen atoms in total. The van der Waals surface area contributed by atoms with E-state index in [0.717, 1.165) is 24.8 Å². The lowest BCUT2D eigenvalue weighted by molar-refractivity contribution is 0.112. The van der Waals surface area contributed by atoms with E-state index in [1.165, 1.54) is 11.3 Å². The Kier molecular flexibility index (Phi) is 2.25. The molecule has 1 aromatic carbocycles. The van der Waals surface area contributed by atoms with Gasteiger partial charge in [-0.15, -0.1) is 11.3 Å². The maximum absolute atomic E-state index is 10.6. The van der Waals surface area contributed by atoms with Crippen molar-refractivity contribution in [2.24, 2.45) is 0 Å². The number of carbonyl (C=O) groups excluding carboxylic acids is 1. The van der Waals surface area contributed by atoms with Crippen molar-refractivity contribution in [2.75, 3.05) is 0 Å². The summed E-state index contributed by atoms with van der Waals surface area (Å²) in [6.07, 6.45) is 0.851. The first-order chi connectivity index (χ1) is 6.22. The van der Waals surface area contributed by atoms with Crippen LogP contribution in [-0.4, -0.2) is 11.4 Å². The van der Waals surface area contributed by atoms with Crippen LogP contribution in [0, 0.1) is 3.57 Å². The molecule has 1 heterocycles. The van der Waals surface area contributed by atoms with Gasteiger partial charge in [0.15, 0.2) is 6.29 Å². The van der Waals surface area contributed by atoms with Crippen LogP contribution in [0.1, 0.15) is 9.67 Å². The highest BCUT2D eigenvalue weighted by atomic mass is 127. The van der Waals surface area contributed by atoms with Crippen LogP contribution in [0.25, 0.3) is 10.1 Å². The van der Waals surface area contributed by atoms with Crippen LogP contribution in [-0.2, 0) is 0 Å². The molecule has 0 aliphatic rings. The second-order valence-corrected chi connectivity index (χ2v) is 4.74. The van der Waals surface area contributed by atoms with Crippen LogP contribution in [0.4, 0.5) is 0 Å². The van der Waals surface area contributed by atoms with Crippen molar-refractivity contribution in [3.63, 3.8) is 0 Å². The monoisotopic (exact) mass is 304 g/mol. The summed E-state index contributed by atoms with van der Waals surface area (Å²) in [5.74, 6) is 0.239. The smallest absolute Gasteiger partial charge is 0.161 e. The van der Waals surface area contributed by atoms with E-state index in [-0.39, 0.29) is 5.75 Å². The largest absolute Gasteiger partial charge is 0.508 e. The quantitative estimate of drug-likeness (QED) is 0.649. The topological polar surface area (TPSA) is 37.3 Å². The summed E-state index contributed by atoms with van der Waals surface area (Å²) < 4.78 is 1.92. The van der Waals surface area contributed by atoms with E-state index in [2.05, 4.69) is 22.6 Å². The van der Waals surface area contributed by atoms with Crippen molar-refractivity contribution in [1.29, 1.82) is 0 Å². The zero-order valence-electron chi connectivity index (χ0n) is 6.45. The molecule has 1 N–H and O–H groups in total. The van der Waals surface area contributed by atoms with Crippen molar-refractivity contribution >= 4 is 50.3 Å². The van der Waals surface area contributed by atoms with Gasteiger partial charge in [0.1, 0.15) is 5.75 Å². The standard InChI is InChI=1S/C9H5IO2S/c10-9-6-2-1-5(12)3-7(6)13-8(9)4-11/h1-4,12H.